The maximum atomic E-state index is 9.37. The Hall–Kier alpha value is -2.54. The standard InChI is InChI=1S/C16H16N4/c1-11-4-5-16-15(12(11)2)8-14(9-17)20(16)10-13-6-7-19(3)18-13/h4-8H,10H2,1-3H3. The fraction of sp³-hybridized carbons (Fsp3) is 0.250. The number of hydrogen-bond acceptors (Lipinski definition) is 2. The van der Waals surface area contributed by atoms with E-state index in [0.717, 1.165) is 16.6 Å². The molecule has 0 fully saturated rings. The number of benzene rings is 1. The summed E-state index contributed by atoms with van der Waals surface area (Å²) in [7, 11) is 1.90. The summed E-state index contributed by atoms with van der Waals surface area (Å²) >= 11 is 0. The van der Waals surface area contributed by atoms with E-state index in [-0.39, 0.29) is 0 Å². The van der Waals surface area contributed by atoms with E-state index in [1.165, 1.54) is 11.1 Å². The highest BCUT2D eigenvalue weighted by Gasteiger charge is 2.12. The third-order valence-corrected chi connectivity index (χ3v) is 3.83. The van der Waals surface area contributed by atoms with Crippen LogP contribution in [-0.2, 0) is 13.6 Å². The first-order valence-corrected chi connectivity index (χ1v) is 6.58. The molecule has 0 atom stereocenters. The van der Waals surface area contributed by atoms with Crippen molar-refractivity contribution in [1.29, 1.82) is 5.26 Å². The number of nitrogens with zero attached hydrogens (tertiary/aromatic N) is 4. The smallest absolute Gasteiger partial charge is 0.121 e. The lowest BCUT2D eigenvalue weighted by molar-refractivity contribution is 0.713. The van der Waals surface area contributed by atoms with Gasteiger partial charge in [0, 0.05) is 24.1 Å². The number of rotatable bonds is 2. The molecule has 0 aliphatic carbocycles. The molecule has 3 aromatic rings. The molecule has 4 heteroatoms. The Balaban J connectivity index is 2.19. The summed E-state index contributed by atoms with van der Waals surface area (Å²) in [5.41, 5.74) is 5.21. The Kier molecular flexibility index (Phi) is 2.83. The maximum Gasteiger partial charge on any atom is 0.121 e. The van der Waals surface area contributed by atoms with Gasteiger partial charge < -0.3 is 4.57 Å². The Morgan fingerprint density at radius 3 is 2.70 bits per heavy atom. The zero-order valence-corrected chi connectivity index (χ0v) is 11.9. The Labute approximate surface area is 117 Å². The highest BCUT2D eigenvalue weighted by atomic mass is 15.3. The molecule has 20 heavy (non-hydrogen) atoms. The second kappa shape index (κ2) is 4.53. The zero-order valence-electron chi connectivity index (χ0n) is 11.9. The van der Waals surface area contributed by atoms with Crippen molar-refractivity contribution in [2.24, 2.45) is 7.05 Å². The van der Waals surface area contributed by atoms with E-state index in [4.69, 9.17) is 0 Å². The van der Waals surface area contributed by atoms with E-state index in [0.29, 0.717) is 12.2 Å². The van der Waals surface area contributed by atoms with Gasteiger partial charge in [0.15, 0.2) is 0 Å². The molecule has 4 nitrogen and oxygen atoms in total. The number of aromatic nitrogens is 3. The van der Waals surface area contributed by atoms with Gasteiger partial charge in [-0.05, 0) is 43.2 Å². The predicted octanol–water partition coefficient (Wildman–Crippen LogP) is 2.91. The van der Waals surface area contributed by atoms with Crippen LogP contribution in [0.15, 0.2) is 30.5 Å². The van der Waals surface area contributed by atoms with Crippen molar-refractivity contribution < 1.29 is 0 Å². The van der Waals surface area contributed by atoms with E-state index in [1.54, 1.807) is 4.68 Å². The van der Waals surface area contributed by atoms with Gasteiger partial charge in [-0.2, -0.15) is 10.4 Å². The van der Waals surface area contributed by atoms with E-state index in [9.17, 15) is 5.26 Å². The lowest BCUT2D eigenvalue weighted by Crippen LogP contribution is -2.03. The van der Waals surface area contributed by atoms with Crippen molar-refractivity contribution in [3.63, 3.8) is 0 Å². The third kappa shape index (κ3) is 1.88. The van der Waals surface area contributed by atoms with Crippen molar-refractivity contribution in [3.05, 3.63) is 53.0 Å². The topological polar surface area (TPSA) is 46.5 Å². The van der Waals surface area contributed by atoms with Gasteiger partial charge in [0.25, 0.3) is 0 Å². The molecule has 0 aliphatic heterocycles. The molecule has 2 aromatic heterocycles. The van der Waals surface area contributed by atoms with E-state index < -0.39 is 0 Å². The van der Waals surface area contributed by atoms with Gasteiger partial charge in [0.2, 0.25) is 0 Å². The maximum absolute atomic E-state index is 9.37. The molecule has 3 rings (SSSR count). The van der Waals surface area contributed by atoms with Gasteiger partial charge >= 0.3 is 0 Å². The van der Waals surface area contributed by atoms with Gasteiger partial charge in [0.05, 0.1) is 12.2 Å². The SMILES string of the molecule is Cc1ccc2c(cc(C#N)n2Cc2ccn(C)n2)c1C. The average Bonchev–Trinajstić information content (AvgIpc) is 2.99. The van der Waals surface area contributed by atoms with E-state index in [2.05, 4.69) is 37.1 Å². The van der Waals surface area contributed by atoms with Crippen molar-refractivity contribution in [1.82, 2.24) is 14.3 Å². The van der Waals surface area contributed by atoms with Crippen molar-refractivity contribution in [2.45, 2.75) is 20.4 Å². The predicted molar refractivity (Wildman–Crippen MR) is 78.4 cm³/mol. The second-order valence-corrected chi connectivity index (χ2v) is 5.15. The first-order valence-electron chi connectivity index (χ1n) is 6.58. The third-order valence-electron chi connectivity index (χ3n) is 3.83. The first-order chi connectivity index (χ1) is 9.60. The minimum Gasteiger partial charge on any atom is -0.326 e. The first kappa shape index (κ1) is 12.5. The summed E-state index contributed by atoms with van der Waals surface area (Å²) in [4.78, 5) is 0. The molecule has 0 bridgehead atoms. The number of aryl methyl sites for hydroxylation is 3. The molecule has 0 aliphatic rings. The summed E-state index contributed by atoms with van der Waals surface area (Å²) in [6.07, 6.45) is 1.92. The highest BCUT2D eigenvalue weighted by Crippen LogP contribution is 2.26. The molecule has 0 N–H and O–H groups in total. The molecule has 2 heterocycles. The Bertz CT molecular complexity index is 830. The van der Waals surface area contributed by atoms with Crippen molar-refractivity contribution in [3.8, 4) is 6.07 Å². The van der Waals surface area contributed by atoms with Gasteiger partial charge in [-0.3, -0.25) is 4.68 Å². The lowest BCUT2D eigenvalue weighted by atomic mass is 10.1. The summed E-state index contributed by atoms with van der Waals surface area (Å²) < 4.78 is 3.81. The number of nitriles is 1. The quantitative estimate of drug-likeness (QED) is 0.714. The van der Waals surface area contributed by atoms with Crippen LogP contribution in [0.25, 0.3) is 10.9 Å². The molecular formula is C16H16N4. The van der Waals surface area contributed by atoms with Gasteiger partial charge in [0.1, 0.15) is 11.8 Å². The Morgan fingerprint density at radius 1 is 1.25 bits per heavy atom. The van der Waals surface area contributed by atoms with Gasteiger partial charge in [-0.1, -0.05) is 6.07 Å². The minimum absolute atomic E-state index is 0.621. The molecular weight excluding hydrogens is 248 g/mol. The van der Waals surface area contributed by atoms with Crippen LogP contribution in [-0.4, -0.2) is 14.3 Å². The second-order valence-electron chi connectivity index (χ2n) is 5.15. The van der Waals surface area contributed by atoms with Crippen LogP contribution in [0.2, 0.25) is 0 Å². The molecule has 0 amide bonds. The van der Waals surface area contributed by atoms with E-state index >= 15 is 0 Å². The summed E-state index contributed by atoms with van der Waals surface area (Å²) in [6.45, 7) is 4.82. The fourth-order valence-electron chi connectivity index (χ4n) is 2.56. The molecule has 0 spiro atoms. The molecule has 0 saturated heterocycles. The normalized spacial score (nSPS) is 10.9. The highest BCUT2D eigenvalue weighted by molar-refractivity contribution is 5.86. The van der Waals surface area contributed by atoms with Crippen LogP contribution in [0.1, 0.15) is 22.5 Å². The fourth-order valence-corrected chi connectivity index (χ4v) is 2.56. The monoisotopic (exact) mass is 264 g/mol. The number of fused-ring (bicyclic) bond motifs is 1. The lowest BCUT2D eigenvalue weighted by Gasteiger charge is -2.06. The Morgan fingerprint density at radius 2 is 2.05 bits per heavy atom. The minimum atomic E-state index is 0.621. The van der Waals surface area contributed by atoms with Crippen LogP contribution in [0.4, 0.5) is 0 Å². The molecule has 0 saturated carbocycles. The molecule has 0 radical (unpaired) electrons. The van der Waals surface area contributed by atoms with E-state index in [1.807, 2.05) is 29.9 Å². The largest absolute Gasteiger partial charge is 0.326 e. The van der Waals surface area contributed by atoms with Gasteiger partial charge in [-0.25, -0.2) is 0 Å². The zero-order chi connectivity index (χ0) is 14.3. The summed E-state index contributed by atoms with van der Waals surface area (Å²) in [5.74, 6) is 0. The molecule has 1 aromatic carbocycles. The van der Waals surface area contributed by atoms with Crippen LogP contribution in [0.5, 0.6) is 0 Å². The molecule has 0 unspecified atom stereocenters. The van der Waals surface area contributed by atoms with Crippen molar-refractivity contribution in [2.75, 3.05) is 0 Å². The van der Waals surface area contributed by atoms with Crippen molar-refractivity contribution >= 4 is 10.9 Å². The average molecular weight is 264 g/mol. The summed E-state index contributed by atoms with van der Waals surface area (Å²) in [6, 6.07) is 10.4. The van der Waals surface area contributed by atoms with Crippen LogP contribution >= 0.6 is 0 Å². The van der Waals surface area contributed by atoms with Crippen LogP contribution in [0, 0.1) is 25.2 Å². The van der Waals surface area contributed by atoms with Crippen LogP contribution < -0.4 is 0 Å². The van der Waals surface area contributed by atoms with Gasteiger partial charge in [-0.15, -0.1) is 0 Å². The molecule has 100 valence electrons. The number of hydrogen-bond donors (Lipinski definition) is 0. The summed E-state index contributed by atoms with van der Waals surface area (Å²) in [5, 5.41) is 14.9. The van der Waals surface area contributed by atoms with Crippen LogP contribution in [0.3, 0.4) is 0 Å².